The number of nitrogens with zero attached hydrogens (tertiary/aromatic N) is 1. The van der Waals surface area contributed by atoms with Gasteiger partial charge in [-0.25, -0.2) is 0 Å². The number of rotatable bonds is 8. The highest BCUT2D eigenvalue weighted by atomic mass is 35.5. The summed E-state index contributed by atoms with van der Waals surface area (Å²) >= 11 is 6.33. The molecule has 3 saturated heterocycles. The third-order valence-electron chi connectivity index (χ3n) is 3.76. The van der Waals surface area contributed by atoms with Crippen LogP contribution in [0.2, 0.25) is 5.02 Å². The summed E-state index contributed by atoms with van der Waals surface area (Å²) in [7, 11) is 0. The molecule has 0 amide bonds. The Morgan fingerprint density at radius 3 is 2.19 bits per heavy atom. The van der Waals surface area contributed by atoms with Crippen molar-refractivity contribution in [2.75, 3.05) is 44.4 Å². The van der Waals surface area contributed by atoms with Gasteiger partial charge in [-0.3, -0.25) is 0 Å². The van der Waals surface area contributed by atoms with Gasteiger partial charge in [0.15, 0.2) is 0 Å². The van der Waals surface area contributed by atoms with Crippen molar-refractivity contribution < 1.29 is 18.9 Å². The zero-order valence-electron chi connectivity index (χ0n) is 11.7. The smallest absolute Gasteiger partial charge is 0.138 e. The Morgan fingerprint density at radius 2 is 1.67 bits per heavy atom. The van der Waals surface area contributed by atoms with Crippen LogP contribution in [0.15, 0.2) is 18.2 Å². The Hall–Kier alpha value is -1.01. The molecule has 0 radical (unpaired) electrons. The molecule has 3 fully saturated rings. The molecule has 114 valence electrons. The SMILES string of the molecule is Clc1cc(N(CC2CO2)CC2CO2)ccc1OCC1CO1. The molecule has 1 aromatic rings. The predicted octanol–water partition coefficient (Wildman–Crippen LogP) is 1.72. The molecule has 21 heavy (non-hydrogen) atoms. The highest BCUT2D eigenvalue weighted by Crippen LogP contribution is 2.31. The molecule has 6 heteroatoms. The lowest BCUT2D eigenvalue weighted by molar-refractivity contribution is 0.263. The van der Waals surface area contributed by atoms with E-state index < -0.39 is 0 Å². The maximum absolute atomic E-state index is 6.33. The van der Waals surface area contributed by atoms with Gasteiger partial charge in [0, 0.05) is 18.8 Å². The Morgan fingerprint density at radius 1 is 1.05 bits per heavy atom. The van der Waals surface area contributed by atoms with Crippen LogP contribution in [-0.2, 0) is 14.2 Å². The van der Waals surface area contributed by atoms with Crippen LogP contribution < -0.4 is 9.64 Å². The second kappa shape index (κ2) is 5.65. The van der Waals surface area contributed by atoms with Crippen LogP contribution in [-0.4, -0.2) is 57.8 Å². The second-order valence-electron chi connectivity index (χ2n) is 5.70. The van der Waals surface area contributed by atoms with Gasteiger partial charge in [0.1, 0.15) is 18.5 Å². The van der Waals surface area contributed by atoms with Gasteiger partial charge in [-0.15, -0.1) is 0 Å². The molecule has 0 spiro atoms. The zero-order valence-corrected chi connectivity index (χ0v) is 12.4. The first kappa shape index (κ1) is 13.6. The summed E-state index contributed by atoms with van der Waals surface area (Å²) in [5.74, 6) is 0.709. The van der Waals surface area contributed by atoms with Crippen molar-refractivity contribution in [1.82, 2.24) is 0 Å². The highest BCUT2D eigenvalue weighted by molar-refractivity contribution is 6.32. The molecule has 3 heterocycles. The topological polar surface area (TPSA) is 50.1 Å². The molecule has 0 aliphatic carbocycles. The lowest BCUT2D eigenvalue weighted by Crippen LogP contribution is -2.31. The minimum Gasteiger partial charge on any atom is -0.489 e. The monoisotopic (exact) mass is 311 g/mol. The minimum atomic E-state index is 0.233. The van der Waals surface area contributed by atoms with Crippen molar-refractivity contribution in [1.29, 1.82) is 0 Å². The number of ether oxygens (including phenoxy) is 4. The lowest BCUT2D eigenvalue weighted by Gasteiger charge is -2.24. The Bertz CT molecular complexity index is 500. The standard InChI is InChI=1S/C15H18ClNO4/c16-14-3-10(1-2-15(14)21-9-13-8-20-13)17(4-11-6-18-11)5-12-7-19-12/h1-3,11-13H,4-9H2. The normalized spacial score (nSPS) is 29.1. The summed E-state index contributed by atoms with van der Waals surface area (Å²) in [6, 6.07) is 5.92. The first-order valence-corrected chi connectivity index (χ1v) is 7.68. The van der Waals surface area contributed by atoms with Crippen LogP contribution in [0.4, 0.5) is 5.69 Å². The molecule has 3 aliphatic rings. The summed E-state index contributed by atoms with van der Waals surface area (Å²) in [5.41, 5.74) is 1.08. The molecule has 0 bridgehead atoms. The van der Waals surface area contributed by atoms with Crippen molar-refractivity contribution in [3.63, 3.8) is 0 Å². The maximum atomic E-state index is 6.33. The number of hydrogen-bond donors (Lipinski definition) is 0. The van der Waals surface area contributed by atoms with Crippen LogP contribution in [0.5, 0.6) is 5.75 Å². The van der Waals surface area contributed by atoms with E-state index >= 15 is 0 Å². The van der Waals surface area contributed by atoms with Gasteiger partial charge in [-0.2, -0.15) is 0 Å². The molecular weight excluding hydrogens is 294 g/mol. The number of epoxide rings is 3. The number of anilines is 1. The Labute approximate surface area is 128 Å². The average Bonchev–Trinajstić information content (AvgIpc) is 3.34. The van der Waals surface area contributed by atoms with Crippen molar-refractivity contribution >= 4 is 17.3 Å². The van der Waals surface area contributed by atoms with E-state index in [1.165, 1.54) is 0 Å². The first-order chi connectivity index (χ1) is 10.3. The van der Waals surface area contributed by atoms with Crippen molar-refractivity contribution in [3.8, 4) is 5.75 Å². The summed E-state index contributed by atoms with van der Waals surface area (Å²) in [4.78, 5) is 2.27. The van der Waals surface area contributed by atoms with E-state index in [2.05, 4.69) is 4.90 Å². The third-order valence-corrected chi connectivity index (χ3v) is 4.06. The van der Waals surface area contributed by atoms with E-state index in [1.807, 2.05) is 18.2 Å². The highest BCUT2D eigenvalue weighted by Gasteiger charge is 2.31. The third kappa shape index (κ3) is 3.80. The summed E-state index contributed by atoms with van der Waals surface area (Å²) in [5, 5.41) is 0.631. The van der Waals surface area contributed by atoms with E-state index in [-0.39, 0.29) is 6.10 Å². The molecule has 3 atom stereocenters. The van der Waals surface area contributed by atoms with Crippen LogP contribution in [0.3, 0.4) is 0 Å². The molecule has 4 rings (SSSR count). The van der Waals surface area contributed by atoms with Gasteiger partial charge < -0.3 is 23.8 Å². The molecule has 5 nitrogen and oxygen atoms in total. The summed E-state index contributed by atoms with van der Waals surface area (Å²) in [6.45, 7) is 4.80. The van der Waals surface area contributed by atoms with E-state index in [0.717, 1.165) is 38.6 Å². The average molecular weight is 312 g/mol. The quantitative estimate of drug-likeness (QED) is 0.684. The van der Waals surface area contributed by atoms with Gasteiger partial charge >= 0.3 is 0 Å². The van der Waals surface area contributed by atoms with E-state index in [4.69, 9.17) is 30.5 Å². The maximum Gasteiger partial charge on any atom is 0.138 e. The van der Waals surface area contributed by atoms with Crippen molar-refractivity contribution in [2.24, 2.45) is 0 Å². The van der Waals surface area contributed by atoms with Crippen LogP contribution in [0.25, 0.3) is 0 Å². The van der Waals surface area contributed by atoms with Gasteiger partial charge in [-0.1, -0.05) is 11.6 Å². The summed E-state index contributed by atoms with van der Waals surface area (Å²) in [6.07, 6.45) is 0.909. The van der Waals surface area contributed by atoms with Gasteiger partial charge in [0.05, 0.1) is 37.1 Å². The van der Waals surface area contributed by atoms with E-state index in [9.17, 15) is 0 Å². The number of halogens is 1. The number of hydrogen-bond acceptors (Lipinski definition) is 5. The summed E-state index contributed by atoms with van der Waals surface area (Å²) < 4.78 is 21.5. The number of benzene rings is 1. The van der Waals surface area contributed by atoms with Crippen LogP contribution in [0.1, 0.15) is 0 Å². The van der Waals surface area contributed by atoms with E-state index in [1.54, 1.807) is 0 Å². The fourth-order valence-electron chi connectivity index (χ4n) is 2.27. The zero-order chi connectivity index (χ0) is 14.2. The second-order valence-corrected chi connectivity index (χ2v) is 6.10. The van der Waals surface area contributed by atoms with Gasteiger partial charge in [-0.05, 0) is 18.2 Å². The van der Waals surface area contributed by atoms with Crippen LogP contribution in [0, 0.1) is 0 Å². The molecule has 3 unspecified atom stereocenters. The fraction of sp³-hybridized carbons (Fsp3) is 0.600. The minimum absolute atomic E-state index is 0.233. The van der Waals surface area contributed by atoms with Gasteiger partial charge in [0.2, 0.25) is 0 Å². The molecule has 0 saturated carbocycles. The Balaban J connectivity index is 1.44. The molecule has 0 N–H and O–H groups in total. The van der Waals surface area contributed by atoms with Crippen molar-refractivity contribution in [2.45, 2.75) is 18.3 Å². The first-order valence-electron chi connectivity index (χ1n) is 7.30. The predicted molar refractivity (Wildman–Crippen MR) is 78.4 cm³/mol. The molecular formula is C15H18ClNO4. The Kier molecular flexibility index (Phi) is 3.67. The largest absolute Gasteiger partial charge is 0.489 e. The fourth-order valence-corrected chi connectivity index (χ4v) is 2.50. The lowest BCUT2D eigenvalue weighted by atomic mass is 10.2. The molecule has 3 aliphatic heterocycles. The van der Waals surface area contributed by atoms with Crippen LogP contribution >= 0.6 is 11.6 Å². The van der Waals surface area contributed by atoms with Crippen molar-refractivity contribution in [3.05, 3.63) is 23.2 Å². The van der Waals surface area contributed by atoms with E-state index in [0.29, 0.717) is 29.6 Å². The molecule has 1 aromatic carbocycles. The van der Waals surface area contributed by atoms with Gasteiger partial charge in [0.25, 0.3) is 0 Å². The molecule has 0 aromatic heterocycles.